The molecule has 0 saturated carbocycles. The molecule has 0 aromatic rings. The Kier molecular flexibility index (Phi) is 6.30. The third kappa shape index (κ3) is 5.80. The maximum Gasteiger partial charge on any atom is 0.408 e. The minimum atomic E-state index is -0.542. The molecular formula is C15H28N2O3. The highest BCUT2D eigenvalue weighted by atomic mass is 16.6. The average Bonchev–Trinajstić information content (AvgIpc) is 2.48. The summed E-state index contributed by atoms with van der Waals surface area (Å²) < 4.78 is 5.23. The first kappa shape index (κ1) is 16.8. The Labute approximate surface area is 122 Å². The van der Waals surface area contributed by atoms with Crippen molar-refractivity contribution in [3.05, 3.63) is 0 Å². The van der Waals surface area contributed by atoms with E-state index in [-0.39, 0.29) is 5.91 Å². The van der Waals surface area contributed by atoms with Crippen molar-refractivity contribution < 1.29 is 14.3 Å². The van der Waals surface area contributed by atoms with Crippen LogP contribution < -0.4 is 5.32 Å². The van der Waals surface area contributed by atoms with E-state index in [9.17, 15) is 9.59 Å². The number of ether oxygens (including phenoxy) is 1. The van der Waals surface area contributed by atoms with Crippen LogP contribution in [0, 0.1) is 0 Å². The Morgan fingerprint density at radius 3 is 2.70 bits per heavy atom. The molecule has 2 amide bonds. The van der Waals surface area contributed by atoms with Gasteiger partial charge in [0.2, 0.25) is 5.91 Å². The number of alkyl carbamates (subject to hydrolysis) is 1. The van der Waals surface area contributed by atoms with Gasteiger partial charge in [-0.3, -0.25) is 4.79 Å². The van der Waals surface area contributed by atoms with Gasteiger partial charge in [0.05, 0.1) is 0 Å². The van der Waals surface area contributed by atoms with Crippen LogP contribution in [0.15, 0.2) is 0 Å². The van der Waals surface area contributed by atoms with Gasteiger partial charge < -0.3 is 15.0 Å². The fourth-order valence-electron chi connectivity index (χ4n) is 2.26. The third-order valence-electron chi connectivity index (χ3n) is 3.25. The predicted octanol–water partition coefficient (Wildman–Crippen LogP) is 2.69. The number of nitrogens with zero attached hydrogens (tertiary/aromatic N) is 1. The normalized spacial score (nSPS) is 20.5. The van der Waals surface area contributed by atoms with Crippen molar-refractivity contribution >= 4 is 12.0 Å². The second kappa shape index (κ2) is 7.50. The molecule has 1 atom stereocenters. The fourth-order valence-corrected chi connectivity index (χ4v) is 2.26. The largest absolute Gasteiger partial charge is 0.444 e. The van der Waals surface area contributed by atoms with Crippen molar-refractivity contribution in [3.8, 4) is 0 Å². The van der Waals surface area contributed by atoms with E-state index >= 15 is 0 Å². The summed E-state index contributed by atoms with van der Waals surface area (Å²) in [5.41, 5.74) is -0.542. The van der Waals surface area contributed by atoms with E-state index in [4.69, 9.17) is 4.74 Å². The Hall–Kier alpha value is -1.26. The molecule has 0 aliphatic carbocycles. The van der Waals surface area contributed by atoms with E-state index in [2.05, 4.69) is 12.2 Å². The van der Waals surface area contributed by atoms with Crippen molar-refractivity contribution in [2.75, 3.05) is 13.1 Å². The first-order chi connectivity index (χ1) is 9.33. The van der Waals surface area contributed by atoms with Crippen molar-refractivity contribution in [3.63, 3.8) is 0 Å². The van der Waals surface area contributed by atoms with Gasteiger partial charge in [-0.05, 0) is 46.5 Å². The van der Waals surface area contributed by atoms with Crippen LogP contribution in [-0.2, 0) is 9.53 Å². The van der Waals surface area contributed by atoms with Gasteiger partial charge in [-0.2, -0.15) is 0 Å². The van der Waals surface area contributed by atoms with E-state index in [0.717, 1.165) is 38.8 Å². The van der Waals surface area contributed by atoms with Gasteiger partial charge in [-0.25, -0.2) is 4.79 Å². The number of hydrogen-bond donors (Lipinski definition) is 1. The Bertz CT molecular complexity index is 337. The van der Waals surface area contributed by atoms with Gasteiger partial charge in [0, 0.05) is 13.1 Å². The van der Waals surface area contributed by atoms with E-state index in [1.807, 2.05) is 25.7 Å². The summed E-state index contributed by atoms with van der Waals surface area (Å²) in [5, 5.41) is 2.72. The van der Waals surface area contributed by atoms with Gasteiger partial charge in [0.15, 0.2) is 0 Å². The van der Waals surface area contributed by atoms with E-state index in [0.29, 0.717) is 6.42 Å². The zero-order valence-electron chi connectivity index (χ0n) is 13.2. The number of nitrogens with one attached hydrogen (secondary N) is 1. The zero-order valence-corrected chi connectivity index (χ0v) is 13.2. The van der Waals surface area contributed by atoms with Crippen LogP contribution >= 0.6 is 0 Å². The standard InChI is InChI=1S/C15H28N2O3/c1-5-6-10-17-11-8-7-9-12(13(17)18)16-14(19)20-15(2,3)4/h12H,5-11H2,1-4H3,(H,16,19). The lowest BCUT2D eigenvalue weighted by Crippen LogP contribution is -2.48. The van der Waals surface area contributed by atoms with Gasteiger partial charge in [-0.1, -0.05) is 13.3 Å². The highest BCUT2D eigenvalue weighted by molar-refractivity contribution is 5.86. The van der Waals surface area contributed by atoms with Gasteiger partial charge in [-0.15, -0.1) is 0 Å². The van der Waals surface area contributed by atoms with Crippen LogP contribution in [0.4, 0.5) is 4.79 Å². The highest BCUT2D eigenvalue weighted by Gasteiger charge is 2.29. The molecular weight excluding hydrogens is 256 g/mol. The van der Waals surface area contributed by atoms with Crippen LogP contribution in [0.1, 0.15) is 59.8 Å². The molecule has 116 valence electrons. The Balaban J connectivity index is 2.58. The second-order valence-corrected chi connectivity index (χ2v) is 6.37. The van der Waals surface area contributed by atoms with E-state index < -0.39 is 17.7 Å². The number of amides is 2. The predicted molar refractivity (Wildman–Crippen MR) is 78.5 cm³/mol. The monoisotopic (exact) mass is 284 g/mol. The second-order valence-electron chi connectivity index (χ2n) is 6.37. The third-order valence-corrected chi connectivity index (χ3v) is 3.25. The van der Waals surface area contributed by atoms with Crippen LogP contribution in [-0.4, -0.2) is 41.6 Å². The van der Waals surface area contributed by atoms with Gasteiger partial charge in [0.25, 0.3) is 0 Å². The summed E-state index contributed by atoms with van der Waals surface area (Å²) in [6.07, 6.45) is 4.21. The molecule has 5 nitrogen and oxygen atoms in total. The van der Waals surface area contributed by atoms with Gasteiger partial charge in [0.1, 0.15) is 11.6 Å². The number of hydrogen-bond acceptors (Lipinski definition) is 3. The maximum atomic E-state index is 12.4. The van der Waals surface area contributed by atoms with Crippen LogP contribution in [0.2, 0.25) is 0 Å². The summed E-state index contributed by atoms with van der Waals surface area (Å²) in [5.74, 6) is 0.0295. The van der Waals surface area contributed by atoms with E-state index in [1.165, 1.54) is 0 Å². The van der Waals surface area contributed by atoms with Crippen LogP contribution in [0.25, 0.3) is 0 Å². The minimum Gasteiger partial charge on any atom is -0.444 e. The van der Waals surface area contributed by atoms with Crippen molar-refractivity contribution in [1.82, 2.24) is 10.2 Å². The number of rotatable bonds is 4. The molecule has 20 heavy (non-hydrogen) atoms. The molecule has 1 unspecified atom stereocenters. The number of carbonyl (C=O) groups is 2. The maximum absolute atomic E-state index is 12.4. The van der Waals surface area contributed by atoms with Crippen molar-refractivity contribution in [1.29, 1.82) is 0 Å². The summed E-state index contributed by atoms with van der Waals surface area (Å²) in [7, 11) is 0. The number of likely N-dealkylation sites (tertiary alicyclic amines) is 1. The molecule has 0 aromatic carbocycles. The number of carbonyl (C=O) groups excluding carboxylic acids is 2. The lowest BCUT2D eigenvalue weighted by Gasteiger charge is -2.26. The molecule has 1 heterocycles. The first-order valence-electron chi connectivity index (χ1n) is 7.62. The van der Waals surface area contributed by atoms with Crippen molar-refractivity contribution in [2.45, 2.75) is 71.4 Å². The Morgan fingerprint density at radius 1 is 1.40 bits per heavy atom. The van der Waals surface area contributed by atoms with Crippen LogP contribution in [0.3, 0.4) is 0 Å². The fraction of sp³-hybridized carbons (Fsp3) is 0.867. The average molecular weight is 284 g/mol. The topological polar surface area (TPSA) is 58.6 Å². The smallest absolute Gasteiger partial charge is 0.408 e. The zero-order chi connectivity index (χ0) is 15.2. The van der Waals surface area contributed by atoms with Crippen molar-refractivity contribution in [2.24, 2.45) is 0 Å². The molecule has 1 N–H and O–H groups in total. The number of unbranched alkanes of at least 4 members (excludes halogenated alkanes) is 1. The summed E-state index contributed by atoms with van der Waals surface area (Å²) in [4.78, 5) is 26.1. The van der Waals surface area contributed by atoms with Gasteiger partial charge >= 0.3 is 6.09 Å². The molecule has 0 spiro atoms. The summed E-state index contributed by atoms with van der Waals surface area (Å²) in [6.45, 7) is 9.13. The minimum absolute atomic E-state index is 0.0295. The molecule has 0 bridgehead atoms. The molecule has 0 aromatic heterocycles. The molecule has 1 saturated heterocycles. The Morgan fingerprint density at radius 2 is 2.10 bits per heavy atom. The quantitative estimate of drug-likeness (QED) is 0.863. The molecule has 0 radical (unpaired) electrons. The van der Waals surface area contributed by atoms with Crippen LogP contribution in [0.5, 0.6) is 0 Å². The lowest BCUT2D eigenvalue weighted by molar-refractivity contribution is -0.133. The highest BCUT2D eigenvalue weighted by Crippen LogP contribution is 2.14. The SMILES string of the molecule is CCCCN1CCCCC(NC(=O)OC(C)(C)C)C1=O. The molecule has 1 aliphatic heterocycles. The molecule has 1 aliphatic rings. The lowest BCUT2D eigenvalue weighted by atomic mass is 10.1. The summed E-state index contributed by atoms with van der Waals surface area (Å²) >= 11 is 0. The molecule has 5 heteroatoms. The summed E-state index contributed by atoms with van der Waals surface area (Å²) in [6, 6.07) is -0.441. The first-order valence-corrected chi connectivity index (χ1v) is 7.62. The molecule has 1 fully saturated rings. The van der Waals surface area contributed by atoms with E-state index in [1.54, 1.807) is 0 Å². The molecule has 1 rings (SSSR count).